The second-order valence-electron chi connectivity index (χ2n) is 8.15. The van der Waals surface area contributed by atoms with Gasteiger partial charge in [-0.2, -0.15) is 5.10 Å². The van der Waals surface area contributed by atoms with Crippen molar-refractivity contribution in [1.82, 2.24) is 14.7 Å². The number of carbonyl (C=O) groups excluding carboxylic acids is 2. The second kappa shape index (κ2) is 9.93. The van der Waals surface area contributed by atoms with Crippen molar-refractivity contribution in [2.45, 2.75) is 13.8 Å². The van der Waals surface area contributed by atoms with Crippen molar-refractivity contribution in [3.63, 3.8) is 0 Å². The van der Waals surface area contributed by atoms with Gasteiger partial charge in [-0.15, -0.1) is 0 Å². The second-order valence-corrected chi connectivity index (χ2v) is 8.58. The summed E-state index contributed by atoms with van der Waals surface area (Å²) in [6.07, 6.45) is 0. The van der Waals surface area contributed by atoms with Crippen LogP contribution in [0.5, 0.6) is 0 Å². The minimum atomic E-state index is -0.312. The summed E-state index contributed by atoms with van der Waals surface area (Å²) >= 11 is 6.03. The van der Waals surface area contributed by atoms with Crippen molar-refractivity contribution in [2.24, 2.45) is 0 Å². The summed E-state index contributed by atoms with van der Waals surface area (Å²) in [7, 11) is 1.61. The first kappa shape index (κ1) is 23.3. The summed E-state index contributed by atoms with van der Waals surface area (Å²) in [5, 5.41) is 8.23. The van der Waals surface area contributed by atoms with E-state index in [1.54, 1.807) is 29.9 Å². The minimum Gasteiger partial charge on any atom is -0.331 e. The maximum atomic E-state index is 13.4. The molecule has 0 atom stereocenters. The Labute approximate surface area is 203 Å². The molecule has 6 nitrogen and oxygen atoms in total. The fourth-order valence-corrected chi connectivity index (χ4v) is 3.86. The predicted octanol–water partition coefficient (Wildman–Crippen LogP) is 5.52. The van der Waals surface area contributed by atoms with Crippen molar-refractivity contribution in [3.05, 3.63) is 101 Å². The van der Waals surface area contributed by atoms with E-state index in [2.05, 4.69) is 10.4 Å². The van der Waals surface area contributed by atoms with Gasteiger partial charge in [-0.3, -0.25) is 9.59 Å². The Bertz CT molecular complexity index is 1310. The maximum absolute atomic E-state index is 13.4. The summed E-state index contributed by atoms with van der Waals surface area (Å²) in [5.74, 6) is -0.579. The number of amides is 2. The average molecular weight is 473 g/mol. The molecule has 4 aromatic rings. The molecule has 34 heavy (non-hydrogen) atoms. The van der Waals surface area contributed by atoms with E-state index in [1.807, 2.05) is 74.5 Å². The van der Waals surface area contributed by atoms with Gasteiger partial charge in [0, 0.05) is 23.3 Å². The molecule has 172 valence electrons. The molecule has 0 spiro atoms. The molecule has 0 bridgehead atoms. The van der Waals surface area contributed by atoms with Crippen LogP contribution in [0.4, 0.5) is 5.69 Å². The van der Waals surface area contributed by atoms with Crippen LogP contribution in [-0.2, 0) is 4.79 Å². The van der Waals surface area contributed by atoms with Crippen LogP contribution in [0, 0.1) is 13.8 Å². The van der Waals surface area contributed by atoms with Crippen LogP contribution < -0.4 is 5.32 Å². The Morgan fingerprint density at radius 1 is 0.941 bits per heavy atom. The molecule has 0 aliphatic carbocycles. The number of aromatic nitrogens is 2. The van der Waals surface area contributed by atoms with Crippen molar-refractivity contribution in [3.8, 4) is 16.9 Å². The molecule has 7 heteroatoms. The van der Waals surface area contributed by atoms with Gasteiger partial charge in [-0.25, -0.2) is 4.68 Å². The van der Waals surface area contributed by atoms with E-state index < -0.39 is 0 Å². The third-order valence-electron chi connectivity index (χ3n) is 5.54. The first-order valence-electron chi connectivity index (χ1n) is 10.9. The Balaban J connectivity index is 1.61. The third-order valence-corrected chi connectivity index (χ3v) is 5.79. The number of nitrogens with zero attached hydrogens (tertiary/aromatic N) is 3. The average Bonchev–Trinajstić information content (AvgIpc) is 3.27. The molecule has 0 saturated carbocycles. The smallest absolute Gasteiger partial charge is 0.272 e. The van der Waals surface area contributed by atoms with Gasteiger partial charge in [-0.05, 0) is 55.3 Å². The Kier molecular flexibility index (Phi) is 6.80. The van der Waals surface area contributed by atoms with Gasteiger partial charge in [0.05, 0.1) is 17.9 Å². The summed E-state index contributed by atoms with van der Waals surface area (Å²) in [6.45, 7) is 3.78. The number of anilines is 1. The first-order chi connectivity index (χ1) is 16.3. The van der Waals surface area contributed by atoms with Gasteiger partial charge < -0.3 is 10.2 Å². The van der Waals surface area contributed by atoms with Crippen LogP contribution >= 0.6 is 11.6 Å². The van der Waals surface area contributed by atoms with E-state index >= 15 is 0 Å². The van der Waals surface area contributed by atoms with Crippen LogP contribution in [0.25, 0.3) is 16.9 Å². The molecule has 2 amide bonds. The normalized spacial score (nSPS) is 10.7. The van der Waals surface area contributed by atoms with Crippen LogP contribution in [0.2, 0.25) is 5.02 Å². The molecule has 4 rings (SSSR count). The molecule has 1 aromatic heterocycles. The lowest BCUT2D eigenvalue weighted by Gasteiger charge is -2.18. The van der Waals surface area contributed by atoms with Crippen molar-refractivity contribution < 1.29 is 9.59 Å². The molecule has 0 aliphatic heterocycles. The van der Waals surface area contributed by atoms with Gasteiger partial charge in [-0.1, -0.05) is 60.1 Å². The highest BCUT2D eigenvalue weighted by Crippen LogP contribution is 2.24. The highest BCUT2D eigenvalue weighted by Gasteiger charge is 2.22. The topological polar surface area (TPSA) is 67.2 Å². The van der Waals surface area contributed by atoms with Crippen molar-refractivity contribution in [1.29, 1.82) is 0 Å². The number of halogens is 1. The number of nitrogens with one attached hydrogen (secondary N) is 1. The molecule has 0 fully saturated rings. The number of aryl methyl sites for hydroxylation is 2. The van der Waals surface area contributed by atoms with E-state index in [0.717, 1.165) is 28.1 Å². The zero-order valence-corrected chi connectivity index (χ0v) is 20.0. The quantitative estimate of drug-likeness (QED) is 0.401. The third kappa shape index (κ3) is 5.02. The molecule has 0 aliphatic rings. The lowest BCUT2D eigenvalue weighted by Crippen LogP contribution is -2.36. The molecule has 0 unspecified atom stereocenters. The summed E-state index contributed by atoms with van der Waals surface area (Å²) in [4.78, 5) is 27.6. The van der Waals surface area contributed by atoms with Gasteiger partial charge >= 0.3 is 0 Å². The highest BCUT2D eigenvalue weighted by atomic mass is 35.5. The molecular weight excluding hydrogens is 448 g/mol. The van der Waals surface area contributed by atoms with E-state index in [9.17, 15) is 9.59 Å². The van der Waals surface area contributed by atoms with Gasteiger partial charge in [0.2, 0.25) is 5.91 Å². The Hall–Kier alpha value is -3.90. The molecule has 0 saturated heterocycles. The predicted molar refractivity (Wildman–Crippen MR) is 136 cm³/mol. The number of hydrogen-bond donors (Lipinski definition) is 1. The molecule has 0 radical (unpaired) electrons. The first-order valence-corrected chi connectivity index (χ1v) is 11.2. The fraction of sp³-hybridized carbons (Fsp3) is 0.148. The van der Waals surface area contributed by atoms with Crippen LogP contribution in [0.3, 0.4) is 0 Å². The molecule has 1 heterocycles. The molecule has 1 N–H and O–H groups in total. The molecule has 3 aromatic carbocycles. The number of rotatable bonds is 6. The van der Waals surface area contributed by atoms with Crippen LogP contribution in [0.1, 0.15) is 21.6 Å². The zero-order valence-electron chi connectivity index (χ0n) is 19.2. The van der Waals surface area contributed by atoms with Crippen molar-refractivity contribution >= 4 is 29.1 Å². The lowest BCUT2D eigenvalue weighted by molar-refractivity contribution is -0.116. The SMILES string of the molecule is Cc1cccc(C)c1NC(=O)CN(C)C(=O)c1cc(-c2ccc(Cl)cc2)nn1-c1ccccc1. The fourth-order valence-electron chi connectivity index (χ4n) is 3.73. The van der Waals surface area contributed by atoms with E-state index in [0.29, 0.717) is 16.4 Å². The molecular formula is C27H25ClN4O2. The number of likely N-dealkylation sites (N-methyl/N-ethyl adjacent to an activating group) is 1. The lowest BCUT2D eigenvalue weighted by atomic mass is 10.1. The standard InChI is InChI=1S/C27H25ClN4O2/c1-18-8-7-9-19(2)26(18)29-25(33)17-31(3)27(34)24-16-23(20-12-14-21(28)15-13-20)30-32(24)22-10-5-4-6-11-22/h4-16H,17H2,1-3H3,(H,29,33). The highest BCUT2D eigenvalue weighted by molar-refractivity contribution is 6.30. The van der Waals surface area contributed by atoms with Gasteiger partial charge in [0.1, 0.15) is 5.69 Å². The Morgan fingerprint density at radius 2 is 1.59 bits per heavy atom. The largest absolute Gasteiger partial charge is 0.331 e. The Morgan fingerprint density at radius 3 is 2.24 bits per heavy atom. The minimum absolute atomic E-state index is 0.0944. The van der Waals surface area contributed by atoms with E-state index in [1.165, 1.54) is 4.90 Å². The van der Waals surface area contributed by atoms with E-state index in [-0.39, 0.29) is 18.4 Å². The number of carbonyl (C=O) groups is 2. The zero-order chi connectivity index (χ0) is 24.2. The van der Waals surface area contributed by atoms with Crippen LogP contribution in [0.15, 0.2) is 78.9 Å². The number of hydrogen-bond acceptors (Lipinski definition) is 3. The monoisotopic (exact) mass is 472 g/mol. The summed E-state index contributed by atoms with van der Waals surface area (Å²) < 4.78 is 1.60. The van der Waals surface area contributed by atoms with Crippen LogP contribution in [-0.4, -0.2) is 40.1 Å². The number of para-hydroxylation sites is 2. The summed E-state index contributed by atoms with van der Waals surface area (Å²) in [5.41, 5.74) is 5.29. The van der Waals surface area contributed by atoms with Gasteiger partial charge in [0.25, 0.3) is 5.91 Å². The van der Waals surface area contributed by atoms with Gasteiger partial charge in [0.15, 0.2) is 0 Å². The van der Waals surface area contributed by atoms with E-state index in [4.69, 9.17) is 11.6 Å². The summed E-state index contributed by atoms with van der Waals surface area (Å²) in [6, 6.07) is 24.3. The van der Waals surface area contributed by atoms with Crippen molar-refractivity contribution in [2.75, 3.05) is 18.9 Å². The number of benzene rings is 3. The maximum Gasteiger partial charge on any atom is 0.272 e.